The first kappa shape index (κ1) is 16.7. The summed E-state index contributed by atoms with van der Waals surface area (Å²) in [7, 11) is 0. The SMILES string of the molecule is CCCNC(C)c1ccccc1NC(=O)CC(C)CC. The minimum atomic E-state index is 0.106. The van der Waals surface area contributed by atoms with Crippen molar-refractivity contribution in [1.29, 1.82) is 0 Å². The van der Waals surface area contributed by atoms with E-state index in [1.165, 1.54) is 0 Å². The van der Waals surface area contributed by atoms with Crippen LogP contribution in [-0.4, -0.2) is 12.5 Å². The van der Waals surface area contributed by atoms with E-state index in [1.807, 2.05) is 18.2 Å². The van der Waals surface area contributed by atoms with Crippen LogP contribution in [0.3, 0.4) is 0 Å². The van der Waals surface area contributed by atoms with Crippen LogP contribution in [0.15, 0.2) is 24.3 Å². The molecule has 0 bridgehead atoms. The molecule has 0 saturated carbocycles. The van der Waals surface area contributed by atoms with Crippen molar-refractivity contribution in [3.8, 4) is 0 Å². The van der Waals surface area contributed by atoms with Crippen LogP contribution in [0.2, 0.25) is 0 Å². The molecule has 0 fully saturated rings. The molecule has 1 amide bonds. The average Bonchev–Trinajstić information content (AvgIpc) is 2.45. The van der Waals surface area contributed by atoms with Gasteiger partial charge in [0.05, 0.1) is 0 Å². The van der Waals surface area contributed by atoms with Crippen LogP contribution in [-0.2, 0) is 4.79 Å². The van der Waals surface area contributed by atoms with Crippen molar-refractivity contribution in [3.63, 3.8) is 0 Å². The second kappa shape index (κ2) is 8.75. The molecule has 0 aliphatic carbocycles. The number of anilines is 1. The number of para-hydroxylation sites is 1. The zero-order valence-electron chi connectivity index (χ0n) is 13.2. The van der Waals surface area contributed by atoms with Gasteiger partial charge in [-0.25, -0.2) is 0 Å². The molecule has 0 aliphatic heterocycles. The molecule has 112 valence electrons. The number of benzene rings is 1. The number of nitrogens with one attached hydrogen (secondary N) is 2. The Morgan fingerprint density at radius 3 is 2.55 bits per heavy atom. The number of amides is 1. The number of carbonyl (C=O) groups excluding carboxylic acids is 1. The molecule has 0 aliphatic rings. The van der Waals surface area contributed by atoms with Gasteiger partial charge in [-0.3, -0.25) is 4.79 Å². The molecule has 0 aromatic heterocycles. The van der Waals surface area contributed by atoms with Crippen molar-refractivity contribution < 1.29 is 4.79 Å². The third kappa shape index (κ3) is 5.33. The Balaban J connectivity index is 2.72. The Labute approximate surface area is 123 Å². The maximum Gasteiger partial charge on any atom is 0.224 e. The predicted octanol–water partition coefficient (Wildman–Crippen LogP) is 4.12. The van der Waals surface area contributed by atoms with Gasteiger partial charge in [-0.2, -0.15) is 0 Å². The quantitative estimate of drug-likeness (QED) is 0.750. The highest BCUT2D eigenvalue weighted by atomic mass is 16.1. The van der Waals surface area contributed by atoms with E-state index >= 15 is 0 Å². The molecule has 1 aromatic rings. The molecule has 0 radical (unpaired) electrons. The number of carbonyl (C=O) groups is 1. The summed E-state index contributed by atoms with van der Waals surface area (Å²) in [6, 6.07) is 8.29. The number of rotatable bonds is 8. The minimum Gasteiger partial charge on any atom is -0.326 e. The molecule has 3 nitrogen and oxygen atoms in total. The highest BCUT2D eigenvalue weighted by Crippen LogP contribution is 2.23. The van der Waals surface area contributed by atoms with Crippen molar-refractivity contribution in [2.45, 2.75) is 53.0 Å². The first-order valence-corrected chi connectivity index (χ1v) is 7.70. The molecule has 0 spiro atoms. The van der Waals surface area contributed by atoms with Crippen molar-refractivity contribution in [3.05, 3.63) is 29.8 Å². The third-order valence-corrected chi connectivity index (χ3v) is 3.63. The van der Waals surface area contributed by atoms with E-state index in [1.54, 1.807) is 0 Å². The summed E-state index contributed by atoms with van der Waals surface area (Å²) in [6.07, 6.45) is 2.72. The monoisotopic (exact) mass is 276 g/mol. The lowest BCUT2D eigenvalue weighted by Gasteiger charge is -2.18. The summed E-state index contributed by atoms with van der Waals surface area (Å²) in [5.41, 5.74) is 2.08. The van der Waals surface area contributed by atoms with Gasteiger partial charge in [-0.1, -0.05) is 45.4 Å². The van der Waals surface area contributed by atoms with E-state index in [4.69, 9.17) is 0 Å². The van der Waals surface area contributed by atoms with Crippen LogP contribution in [0.25, 0.3) is 0 Å². The molecule has 3 heteroatoms. The molecule has 0 heterocycles. The van der Waals surface area contributed by atoms with Crippen LogP contribution in [0.5, 0.6) is 0 Å². The van der Waals surface area contributed by atoms with Crippen LogP contribution >= 0.6 is 0 Å². The van der Waals surface area contributed by atoms with Gasteiger partial charge in [0, 0.05) is 18.2 Å². The molecule has 0 saturated heterocycles. The molecule has 20 heavy (non-hydrogen) atoms. The van der Waals surface area contributed by atoms with Crippen molar-refractivity contribution in [1.82, 2.24) is 5.32 Å². The Kier molecular flexibility index (Phi) is 7.31. The molecular weight excluding hydrogens is 248 g/mol. The zero-order valence-corrected chi connectivity index (χ0v) is 13.2. The van der Waals surface area contributed by atoms with E-state index in [-0.39, 0.29) is 11.9 Å². The molecule has 2 unspecified atom stereocenters. The first-order valence-electron chi connectivity index (χ1n) is 7.70. The summed E-state index contributed by atoms with van der Waals surface area (Å²) in [4.78, 5) is 12.0. The highest BCUT2D eigenvalue weighted by Gasteiger charge is 2.13. The van der Waals surface area contributed by atoms with Crippen molar-refractivity contribution in [2.24, 2.45) is 5.92 Å². The summed E-state index contributed by atoms with van der Waals surface area (Å²) in [5, 5.41) is 6.52. The van der Waals surface area contributed by atoms with E-state index in [2.05, 4.69) is 44.4 Å². The average molecular weight is 276 g/mol. The largest absolute Gasteiger partial charge is 0.326 e. The van der Waals surface area contributed by atoms with Gasteiger partial charge in [0.2, 0.25) is 5.91 Å². The van der Waals surface area contributed by atoms with Gasteiger partial charge in [-0.15, -0.1) is 0 Å². The maximum absolute atomic E-state index is 12.0. The summed E-state index contributed by atoms with van der Waals surface area (Å²) in [5.74, 6) is 0.535. The van der Waals surface area contributed by atoms with E-state index in [0.29, 0.717) is 12.3 Å². The van der Waals surface area contributed by atoms with Crippen molar-refractivity contribution >= 4 is 11.6 Å². The topological polar surface area (TPSA) is 41.1 Å². The summed E-state index contributed by atoms with van der Waals surface area (Å²) in [6.45, 7) is 9.49. The number of hydrogen-bond donors (Lipinski definition) is 2. The lowest BCUT2D eigenvalue weighted by molar-refractivity contribution is -0.117. The smallest absolute Gasteiger partial charge is 0.224 e. The normalized spacial score (nSPS) is 13.8. The Morgan fingerprint density at radius 2 is 1.90 bits per heavy atom. The fourth-order valence-electron chi connectivity index (χ4n) is 2.12. The van der Waals surface area contributed by atoms with Gasteiger partial charge >= 0.3 is 0 Å². The third-order valence-electron chi connectivity index (χ3n) is 3.63. The highest BCUT2D eigenvalue weighted by molar-refractivity contribution is 5.91. The van der Waals surface area contributed by atoms with Gasteiger partial charge < -0.3 is 10.6 Å². The first-order chi connectivity index (χ1) is 9.58. The van der Waals surface area contributed by atoms with Gasteiger partial charge in [0.15, 0.2) is 0 Å². The fraction of sp³-hybridized carbons (Fsp3) is 0.588. The second-order valence-corrected chi connectivity index (χ2v) is 5.53. The molecule has 2 atom stereocenters. The minimum absolute atomic E-state index is 0.106. The Bertz CT molecular complexity index is 417. The summed E-state index contributed by atoms with van der Waals surface area (Å²) < 4.78 is 0. The Hall–Kier alpha value is -1.35. The van der Waals surface area contributed by atoms with E-state index < -0.39 is 0 Å². The fourth-order valence-corrected chi connectivity index (χ4v) is 2.12. The van der Waals surface area contributed by atoms with Gasteiger partial charge in [-0.05, 0) is 37.4 Å². The maximum atomic E-state index is 12.0. The lowest BCUT2D eigenvalue weighted by atomic mass is 10.0. The van der Waals surface area contributed by atoms with Crippen LogP contribution in [0.4, 0.5) is 5.69 Å². The second-order valence-electron chi connectivity index (χ2n) is 5.53. The van der Waals surface area contributed by atoms with Crippen LogP contribution in [0.1, 0.15) is 58.6 Å². The summed E-state index contributed by atoms with van der Waals surface area (Å²) >= 11 is 0. The lowest BCUT2D eigenvalue weighted by Crippen LogP contribution is -2.22. The molecule has 1 rings (SSSR count). The Morgan fingerprint density at radius 1 is 1.20 bits per heavy atom. The predicted molar refractivity (Wildman–Crippen MR) is 85.9 cm³/mol. The molecule has 2 N–H and O–H groups in total. The van der Waals surface area contributed by atoms with Crippen molar-refractivity contribution in [2.75, 3.05) is 11.9 Å². The number of hydrogen-bond acceptors (Lipinski definition) is 2. The van der Waals surface area contributed by atoms with Gasteiger partial charge in [0.1, 0.15) is 0 Å². The molecule has 1 aromatic carbocycles. The van der Waals surface area contributed by atoms with E-state index in [0.717, 1.165) is 30.6 Å². The van der Waals surface area contributed by atoms with E-state index in [9.17, 15) is 4.79 Å². The molecular formula is C17H28N2O. The standard InChI is InChI=1S/C17H28N2O/c1-5-11-18-14(4)15-9-7-8-10-16(15)19-17(20)12-13(3)6-2/h7-10,13-14,18H,5-6,11-12H2,1-4H3,(H,19,20). The zero-order chi connectivity index (χ0) is 15.0. The van der Waals surface area contributed by atoms with Crippen LogP contribution in [0, 0.1) is 5.92 Å². The van der Waals surface area contributed by atoms with Gasteiger partial charge in [0.25, 0.3) is 0 Å². The van der Waals surface area contributed by atoms with Crippen LogP contribution < -0.4 is 10.6 Å².